The van der Waals surface area contributed by atoms with E-state index in [-0.39, 0.29) is 0 Å². The van der Waals surface area contributed by atoms with Crippen LogP contribution in [0.15, 0.2) is 29.2 Å². The quantitative estimate of drug-likeness (QED) is 0.726. The van der Waals surface area contributed by atoms with E-state index >= 15 is 0 Å². The van der Waals surface area contributed by atoms with Crippen molar-refractivity contribution < 1.29 is 13.2 Å². The maximum Gasteiger partial charge on any atom is 0.253 e. The second-order valence-corrected chi connectivity index (χ2v) is 6.61. The Morgan fingerprint density at radius 2 is 1.95 bits per heavy atom. The highest BCUT2D eigenvalue weighted by atomic mass is 32.2. The molecule has 1 fully saturated rings. The van der Waals surface area contributed by atoms with Crippen molar-refractivity contribution in [3.05, 3.63) is 29.8 Å². The molecule has 2 rings (SSSR count). The van der Waals surface area contributed by atoms with Gasteiger partial charge in [-0.2, -0.15) is 0 Å². The largest absolute Gasteiger partial charge is 0.379 e. The van der Waals surface area contributed by atoms with Gasteiger partial charge in [0.25, 0.3) is 10.0 Å². The lowest BCUT2D eigenvalue weighted by atomic mass is 10.2. The summed E-state index contributed by atoms with van der Waals surface area (Å²) in [6, 6.07) is 7.09. The van der Waals surface area contributed by atoms with E-state index in [2.05, 4.69) is 17.1 Å². The molecule has 0 aliphatic carbocycles. The summed E-state index contributed by atoms with van der Waals surface area (Å²) in [7, 11) is -3.55. The third-order valence-corrected chi connectivity index (χ3v) is 4.74. The van der Waals surface area contributed by atoms with Crippen LogP contribution < -0.4 is 10.1 Å². The average Bonchev–Trinajstić information content (AvgIpc) is 2.48. The highest BCUT2D eigenvalue weighted by Crippen LogP contribution is 2.15. The molecule has 0 bridgehead atoms. The van der Waals surface area contributed by atoms with E-state index in [1.165, 1.54) is 0 Å². The maximum absolute atomic E-state index is 12.5. The fourth-order valence-corrected chi connectivity index (χ4v) is 3.55. The summed E-state index contributed by atoms with van der Waals surface area (Å²) in [5.41, 5.74) is 0.784. The molecule has 0 spiro atoms. The molecule has 1 saturated heterocycles. The molecule has 0 saturated carbocycles. The first-order valence-corrected chi connectivity index (χ1v) is 8.75. The topological polar surface area (TPSA) is 70.7 Å². The van der Waals surface area contributed by atoms with Crippen molar-refractivity contribution >= 4 is 10.0 Å². The molecule has 2 N–H and O–H groups in total. The molecule has 0 amide bonds. The van der Waals surface area contributed by atoms with E-state index in [1.54, 1.807) is 17.1 Å². The summed E-state index contributed by atoms with van der Waals surface area (Å²) in [5, 5.41) is 4.93. The predicted molar refractivity (Wildman–Crippen MR) is 81.2 cm³/mol. The van der Waals surface area contributed by atoms with Crippen molar-refractivity contribution in [2.45, 2.75) is 24.8 Å². The monoisotopic (exact) mass is 313 g/mol. The number of hydrazine groups is 1. The van der Waals surface area contributed by atoms with Crippen LogP contribution in [-0.4, -0.2) is 46.3 Å². The Labute approximate surface area is 126 Å². The number of benzene rings is 1. The fraction of sp³-hybridized carbons (Fsp3) is 0.571. The summed E-state index contributed by atoms with van der Waals surface area (Å²) in [4.78, 5) is 2.97. The maximum atomic E-state index is 12.5. The Balaban J connectivity index is 2.10. The minimum absolute atomic E-state index is 0.333. The predicted octanol–water partition coefficient (Wildman–Crippen LogP) is 0.712. The summed E-state index contributed by atoms with van der Waals surface area (Å²) < 4.78 is 30.3. The van der Waals surface area contributed by atoms with Crippen molar-refractivity contribution in [1.82, 2.24) is 15.2 Å². The van der Waals surface area contributed by atoms with Crippen LogP contribution in [0.2, 0.25) is 0 Å². The Morgan fingerprint density at radius 1 is 1.24 bits per heavy atom. The van der Waals surface area contributed by atoms with E-state index in [9.17, 15) is 8.42 Å². The Bertz CT molecular complexity index is 542. The first-order valence-electron chi connectivity index (χ1n) is 7.27. The van der Waals surface area contributed by atoms with E-state index in [4.69, 9.17) is 4.74 Å². The first kappa shape index (κ1) is 16.4. The zero-order valence-corrected chi connectivity index (χ0v) is 13.2. The van der Waals surface area contributed by atoms with Crippen molar-refractivity contribution in [3.63, 3.8) is 0 Å². The Hall–Kier alpha value is -0.990. The van der Waals surface area contributed by atoms with Crippen molar-refractivity contribution in [1.29, 1.82) is 0 Å². The van der Waals surface area contributed by atoms with Gasteiger partial charge in [0.1, 0.15) is 0 Å². The third kappa shape index (κ3) is 4.76. The molecule has 1 heterocycles. The lowest BCUT2D eigenvalue weighted by molar-refractivity contribution is 0.0272. The molecule has 0 radical (unpaired) electrons. The molecule has 0 aromatic heterocycles. The molecule has 1 aliphatic rings. The number of nitrogens with zero attached hydrogens (tertiary/aromatic N) is 1. The lowest BCUT2D eigenvalue weighted by Crippen LogP contribution is -2.48. The van der Waals surface area contributed by atoms with Gasteiger partial charge in [0.2, 0.25) is 0 Å². The minimum atomic E-state index is -3.55. The van der Waals surface area contributed by atoms with Crippen LogP contribution in [0.5, 0.6) is 0 Å². The van der Waals surface area contributed by atoms with Gasteiger partial charge in [-0.15, -0.1) is 4.83 Å². The Morgan fingerprint density at radius 3 is 2.67 bits per heavy atom. The Kier molecular flexibility index (Phi) is 6.13. The van der Waals surface area contributed by atoms with Crippen LogP contribution in [0.1, 0.15) is 18.9 Å². The molecular weight excluding hydrogens is 290 g/mol. The van der Waals surface area contributed by atoms with E-state index in [0.717, 1.165) is 18.5 Å². The summed E-state index contributed by atoms with van der Waals surface area (Å²) in [5.74, 6) is 0. The highest BCUT2D eigenvalue weighted by Gasteiger charge is 2.22. The van der Waals surface area contributed by atoms with Gasteiger partial charge in [0.15, 0.2) is 0 Å². The molecule has 0 atom stereocenters. The highest BCUT2D eigenvalue weighted by molar-refractivity contribution is 7.89. The normalized spacial score (nSPS) is 17.0. The van der Waals surface area contributed by atoms with Gasteiger partial charge < -0.3 is 10.1 Å². The van der Waals surface area contributed by atoms with Crippen LogP contribution >= 0.6 is 0 Å². The average molecular weight is 313 g/mol. The summed E-state index contributed by atoms with van der Waals surface area (Å²) in [6.07, 6.45) is 1.01. The lowest BCUT2D eigenvalue weighted by Gasteiger charge is -2.27. The van der Waals surface area contributed by atoms with Crippen LogP contribution in [0, 0.1) is 0 Å². The van der Waals surface area contributed by atoms with Crippen LogP contribution in [0.4, 0.5) is 0 Å². The molecule has 0 unspecified atom stereocenters. The SMILES string of the molecule is CCCNCc1ccccc1S(=O)(=O)NN1CCOCC1. The third-order valence-electron chi connectivity index (χ3n) is 3.26. The van der Waals surface area contributed by atoms with Gasteiger partial charge in [-0.25, -0.2) is 13.4 Å². The number of ether oxygens (including phenoxy) is 1. The van der Waals surface area contributed by atoms with Gasteiger partial charge in [-0.3, -0.25) is 0 Å². The van der Waals surface area contributed by atoms with Crippen LogP contribution in [0.25, 0.3) is 0 Å². The van der Waals surface area contributed by atoms with Crippen LogP contribution in [0.3, 0.4) is 0 Å². The molecule has 1 aromatic rings. The van der Waals surface area contributed by atoms with Gasteiger partial charge in [-0.1, -0.05) is 25.1 Å². The summed E-state index contributed by atoms with van der Waals surface area (Å²) in [6.45, 7) is 5.71. The zero-order valence-electron chi connectivity index (χ0n) is 12.3. The number of rotatable bonds is 7. The van der Waals surface area contributed by atoms with Gasteiger partial charge in [0, 0.05) is 19.6 Å². The molecule has 7 heteroatoms. The van der Waals surface area contributed by atoms with E-state index < -0.39 is 10.0 Å². The second kappa shape index (κ2) is 7.86. The van der Waals surface area contributed by atoms with Gasteiger partial charge in [0.05, 0.1) is 18.1 Å². The summed E-state index contributed by atoms with van der Waals surface area (Å²) >= 11 is 0. The van der Waals surface area contributed by atoms with Crippen molar-refractivity contribution in [3.8, 4) is 0 Å². The number of morpholine rings is 1. The number of hydrogen-bond donors (Lipinski definition) is 2. The molecule has 6 nitrogen and oxygen atoms in total. The molecule has 118 valence electrons. The minimum Gasteiger partial charge on any atom is -0.379 e. The van der Waals surface area contributed by atoms with Gasteiger partial charge >= 0.3 is 0 Å². The van der Waals surface area contributed by atoms with Crippen LogP contribution in [-0.2, 0) is 21.3 Å². The molecular formula is C14H23N3O3S. The van der Waals surface area contributed by atoms with E-state index in [1.807, 2.05) is 12.1 Å². The van der Waals surface area contributed by atoms with E-state index in [0.29, 0.717) is 37.7 Å². The standard InChI is InChI=1S/C14H23N3O3S/c1-2-7-15-12-13-5-3-4-6-14(13)21(18,19)16-17-8-10-20-11-9-17/h3-6,15-16H,2,7-12H2,1H3. The van der Waals surface area contributed by atoms with Crippen molar-refractivity contribution in [2.75, 3.05) is 32.8 Å². The fourth-order valence-electron chi connectivity index (χ4n) is 2.19. The van der Waals surface area contributed by atoms with Gasteiger partial charge in [-0.05, 0) is 24.6 Å². The second-order valence-electron chi connectivity index (χ2n) is 4.98. The molecule has 21 heavy (non-hydrogen) atoms. The number of sulfonamides is 1. The first-order chi connectivity index (χ1) is 10.1. The zero-order chi connectivity index (χ0) is 15.1. The molecule has 1 aliphatic heterocycles. The molecule has 1 aromatic carbocycles. The number of nitrogens with one attached hydrogen (secondary N) is 2. The van der Waals surface area contributed by atoms with Crippen molar-refractivity contribution in [2.24, 2.45) is 0 Å². The number of hydrogen-bond acceptors (Lipinski definition) is 5. The smallest absolute Gasteiger partial charge is 0.253 e.